The minimum absolute atomic E-state index is 0.0681. The molecular formula is C9H16N2O3. The average molecular weight is 200 g/mol. The Kier molecular flexibility index (Phi) is 6.19. The number of carboxylic acid groups (broad SMARTS) is 1. The standard InChI is InChI=1S/C9H16N2O3/c1-7(2)3-5-10-9(14)11-6-4-8(12)13/h3,5,7H,4,6H2,1-2H3,(H,12,13)(H2,10,11,14)/b5-3+. The third-order valence-corrected chi connectivity index (χ3v) is 1.32. The summed E-state index contributed by atoms with van der Waals surface area (Å²) in [6.45, 7) is 4.11. The van der Waals surface area contributed by atoms with Gasteiger partial charge in [0.2, 0.25) is 0 Å². The molecule has 0 bridgehead atoms. The first-order chi connectivity index (χ1) is 6.52. The van der Waals surface area contributed by atoms with Crippen molar-refractivity contribution < 1.29 is 14.7 Å². The monoisotopic (exact) mass is 200 g/mol. The third-order valence-electron chi connectivity index (χ3n) is 1.32. The van der Waals surface area contributed by atoms with Crippen LogP contribution in [0.1, 0.15) is 20.3 Å². The van der Waals surface area contributed by atoms with Crippen molar-refractivity contribution in [3.8, 4) is 0 Å². The Morgan fingerprint density at radius 2 is 2.07 bits per heavy atom. The number of carboxylic acids is 1. The summed E-state index contributed by atoms with van der Waals surface area (Å²) < 4.78 is 0. The molecule has 0 aromatic heterocycles. The molecule has 0 spiro atoms. The lowest BCUT2D eigenvalue weighted by molar-refractivity contribution is -0.136. The lowest BCUT2D eigenvalue weighted by Crippen LogP contribution is -2.33. The Balaban J connectivity index is 3.51. The summed E-state index contributed by atoms with van der Waals surface area (Å²) in [5, 5.41) is 13.2. The highest BCUT2D eigenvalue weighted by Gasteiger charge is 1.99. The van der Waals surface area contributed by atoms with Crippen LogP contribution in [0.15, 0.2) is 12.3 Å². The van der Waals surface area contributed by atoms with E-state index in [1.54, 1.807) is 6.20 Å². The fraction of sp³-hybridized carbons (Fsp3) is 0.556. The Bertz CT molecular complexity index is 224. The van der Waals surface area contributed by atoms with E-state index in [9.17, 15) is 9.59 Å². The molecule has 0 rings (SSSR count). The largest absolute Gasteiger partial charge is 0.481 e. The summed E-state index contributed by atoms with van der Waals surface area (Å²) in [4.78, 5) is 21.0. The molecule has 0 aromatic rings. The maximum atomic E-state index is 10.9. The molecule has 0 heterocycles. The molecule has 0 aliphatic carbocycles. The van der Waals surface area contributed by atoms with E-state index in [4.69, 9.17) is 5.11 Å². The van der Waals surface area contributed by atoms with Crippen molar-refractivity contribution in [2.24, 2.45) is 5.92 Å². The van der Waals surface area contributed by atoms with Crippen LogP contribution in [-0.4, -0.2) is 23.7 Å². The number of urea groups is 1. The number of rotatable bonds is 5. The summed E-state index contributed by atoms with van der Waals surface area (Å²) >= 11 is 0. The molecule has 0 fully saturated rings. The van der Waals surface area contributed by atoms with Crippen molar-refractivity contribution in [2.45, 2.75) is 20.3 Å². The van der Waals surface area contributed by atoms with Crippen LogP contribution in [0.5, 0.6) is 0 Å². The zero-order chi connectivity index (χ0) is 11.0. The molecule has 3 N–H and O–H groups in total. The van der Waals surface area contributed by atoms with E-state index in [1.165, 1.54) is 0 Å². The topological polar surface area (TPSA) is 78.4 Å². The Morgan fingerprint density at radius 3 is 2.57 bits per heavy atom. The van der Waals surface area contributed by atoms with Crippen LogP contribution in [0.4, 0.5) is 4.79 Å². The minimum Gasteiger partial charge on any atom is -0.481 e. The number of amides is 2. The van der Waals surface area contributed by atoms with E-state index in [0.717, 1.165) is 0 Å². The number of carbonyl (C=O) groups is 2. The zero-order valence-electron chi connectivity index (χ0n) is 8.41. The van der Waals surface area contributed by atoms with E-state index in [1.807, 2.05) is 19.9 Å². The summed E-state index contributed by atoms with van der Waals surface area (Å²) in [6, 6.07) is -0.386. The maximum Gasteiger partial charge on any atom is 0.318 e. The van der Waals surface area contributed by atoms with Gasteiger partial charge in [0.15, 0.2) is 0 Å². The summed E-state index contributed by atoms with van der Waals surface area (Å²) in [5.41, 5.74) is 0. The van der Waals surface area contributed by atoms with Gasteiger partial charge in [-0.1, -0.05) is 19.9 Å². The van der Waals surface area contributed by atoms with Crippen molar-refractivity contribution in [3.63, 3.8) is 0 Å². The number of carbonyl (C=O) groups excluding carboxylic acids is 1. The molecule has 0 saturated heterocycles. The van der Waals surface area contributed by atoms with Crippen LogP contribution < -0.4 is 10.6 Å². The van der Waals surface area contributed by atoms with Gasteiger partial charge in [-0.25, -0.2) is 4.79 Å². The lowest BCUT2D eigenvalue weighted by Gasteiger charge is -2.02. The fourth-order valence-corrected chi connectivity index (χ4v) is 0.650. The van der Waals surface area contributed by atoms with Crippen molar-refractivity contribution in [2.75, 3.05) is 6.54 Å². The van der Waals surface area contributed by atoms with Crippen LogP contribution >= 0.6 is 0 Å². The molecule has 2 amide bonds. The molecule has 0 radical (unpaired) electrons. The highest BCUT2D eigenvalue weighted by molar-refractivity contribution is 5.75. The zero-order valence-corrected chi connectivity index (χ0v) is 8.41. The summed E-state index contributed by atoms with van der Waals surface area (Å²) in [7, 11) is 0. The van der Waals surface area contributed by atoms with Gasteiger partial charge in [-0.05, 0) is 5.92 Å². The average Bonchev–Trinajstić information content (AvgIpc) is 2.02. The fourth-order valence-electron chi connectivity index (χ4n) is 0.650. The predicted molar refractivity (Wildman–Crippen MR) is 52.8 cm³/mol. The van der Waals surface area contributed by atoms with Gasteiger partial charge in [-0.3, -0.25) is 4.79 Å². The van der Waals surface area contributed by atoms with Crippen molar-refractivity contribution >= 4 is 12.0 Å². The number of hydrogen-bond donors (Lipinski definition) is 3. The number of allylic oxidation sites excluding steroid dienone is 1. The van der Waals surface area contributed by atoms with E-state index >= 15 is 0 Å². The van der Waals surface area contributed by atoms with Gasteiger partial charge < -0.3 is 15.7 Å². The second kappa shape index (κ2) is 6.94. The highest BCUT2D eigenvalue weighted by Crippen LogP contribution is 1.90. The van der Waals surface area contributed by atoms with Gasteiger partial charge in [-0.2, -0.15) is 0 Å². The van der Waals surface area contributed by atoms with Gasteiger partial charge in [0.05, 0.1) is 6.42 Å². The molecular weight excluding hydrogens is 184 g/mol. The highest BCUT2D eigenvalue weighted by atomic mass is 16.4. The first-order valence-electron chi connectivity index (χ1n) is 4.45. The second-order valence-electron chi connectivity index (χ2n) is 3.15. The summed E-state index contributed by atoms with van der Waals surface area (Å²) in [6.07, 6.45) is 3.30. The molecule has 5 heteroatoms. The number of hydrogen-bond acceptors (Lipinski definition) is 2. The van der Waals surface area contributed by atoms with E-state index in [-0.39, 0.29) is 19.0 Å². The Morgan fingerprint density at radius 1 is 1.43 bits per heavy atom. The molecule has 0 aliphatic rings. The van der Waals surface area contributed by atoms with Crippen molar-refractivity contribution in [1.82, 2.24) is 10.6 Å². The van der Waals surface area contributed by atoms with E-state index in [0.29, 0.717) is 5.92 Å². The molecule has 80 valence electrons. The van der Waals surface area contributed by atoms with Crippen LogP contribution in [0.3, 0.4) is 0 Å². The van der Waals surface area contributed by atoms with Crippen molar-refractivity contribution in [1.29, 1.82) is 0 Å². The predicted octanol–water partition coefficient (Wildman–Crippen LogP) is 0.930. The van der Waals surface area contributed by atoms with Gasteiger partial charge in [0, 0.05) is 12.7 Å². The first-order valence-corrected chi connectivity index (χ1v) is 4.45. The molecule has 14 heavy (non-hydrogen) atoms. The SMILES string of the molecule is CC(C)/C=C/NC(=O)NCCC(=O)O. The van der Waals surface area contributed by atoms with Gasteiger partial charge in [0.1, 0.15) is 0 Å². The molecule has 0 saturated carbocycles. The summed E-state index contributed by atoms with van der Waals surface area (Å²) in [5.74, 6) is -0.558. The Labute approximate surface area is 83.2 Å². The maximum absolute atomic E-state index is 10.9. The van der Waals surface area contributed by atoms with E-state index < -0.39 is 5.97 Å². The molecule has 0 atom stereocenters. The lowest BCUT2D eigenvalue weighted by atomic mass is 10.2. The minimum atomic E-state index is -0.928. The molecule has 0 unspecified atom stereocenters. The van der Waals surface area contributed by atoms with Crippen LogP contribution in [0.2, 0.25) is 0 Å². The first kappa shape index (κ1) is 12.5. The normalized spacial score (nSPS) is 10.5. The number of nitrogens with one attached hydrogen (secondary N) is 2. The molecule has 5 nitrogen and oxygen atoms in total. The Hall–Kier alpha value is -1.52. The van der Waals surface area contributed by atoms with Crippen LogP contribution in [0.25, 0.3) is 0 Å². The number of aliphatic carboxylic acids is 1. The third kappa shape index (κ3) is 8.58. The smallest absolute Gasteiger partial charge is 0.318 e. The second-order valence-corrected chi connectivity index (χ2v) is 3.15. The molecule has 0 aliphatic heterocycles. The quantitative estimate of drug-likeness (QED) is 0.617. The van der Waals surface area contributed by atoms with Gasteiger partial charge in [0.25, 0.3) is 0 Å². The van der Waals surface area contributed by atoms with E-state index in [2.05, 4.69) is 10.6 Å². The van der Waals surface area contributed by atoms with Crippen LogP contribution in [-0.2, 0) is 4.79 Å². The molecule has 0 aromatic carbocycles. The van der Waals surface area contributed by atoms with Gasteiger partial charge >= 0.3 is 12.0 Å². The van der Waals surface area contributed by atoms with Gasteiger partial charge in [-0.15, -0.1) is 0 Å². The van der Waals surface area contributed by atoms with Crippen LogP contribution in [0, 0.1) is 5.92 Å². The van der Waals surface area contributed by atoms with Crippen molar-refractivity contribution in [3.05, 3.63) is 12.3 Å².